The van der Waals surface area contributed by atoms with Gasteiger partial charge in [-0.2, -0.15) is 0 Å². The van der Waals surface area contributed by atoms with Crippen molar-refractivity contribution < 1.29 is 9.59 Å². The molecule has 0 spiro atoms. The van der Waals surface area contributed by atoms with E-state index >= 15 is 0 Å². The topological polar surface area (TPSA) is 58.2 Å². The summed E-state index contributed by atoms with van der Waals surface area (Å²) in [6, 6.07) is 19.7. The Morgan fingerprint density at radius 1 is 0.636 bits per heavy atom. The van der Waals surface area contributed by atoms with Crippen LogP contribution in [-0.4, -0.2) is 11.8 Å². The number of hydrogen-bond donors (Lipinski definition) is 2. The summed E-state index contributed by atoms with van der Waals surface area (Å²) in [5.41, 5.74) is 0.976. The van der Waals surface area contributed by atoms with Gasteiger partial charge in [0.25, 0.3) is 0 Å². The van der Waals surface area contributed by atoms with Crippen molar-refractivity contribution in [3.63, 3.8) is 0 Å². The molecule has 0 unspecified atom stereocenters. The molecule has 5 rings (SSSR count). The van der Waals surface area contributed by atoms with Gasteiger partial charge in [0.05, 0.1) is 22.9 Å². The lowest BCUT2D eigenvalue weighted by Crippen LogP contribution is -2.97. The number of amides is 2. The highest BCUT2D eigenvalue weighted by atomic mass is 16.2. The van der Waals surface area contributed by atoms with Crippen molar-refractivity contribution in [2.24, 2.45) is 11.8 Å². The second kappa shape index (κ2) is 3.58. The lowest BCUT2D eigenvalue weighted by Gasteiger charge is -2.77. The van der Waals surface area contributed by atoms with E-state index in [4.69, 9.17) is 0 Å². The Morgan fingerprint density at radius 3 is 1.32 bits per heavy atom. The molecule has 3 fully saturated rings. The highest BCUT2D eigenvalue weighted by molar-refractivity contribution is 6.05. The molecule has 2 aliphatic heterocycles. The predicted octanol–water partition coefficient (Wildman–Crippen LogP) is 1.28. The number of fused-ring (bicyclic) bond motifs is 4. The molecule has 2 N–H and O–H groups in total. The molecule has 0 atom stereocenters. The molecule has 22 heavy (non-hydrogen) atoms. The van der Waals surface area contributed by atoms with Crippen molar-refractivity contribution in [1.82, 2.24) is 10.6 Å². The molecule has 2 aromatic carbocycles. The van der Waals surface area contributed by atoms with E-state index in [0.717, 1.165) is 11.1 Å². The number of carbonyl (C=O) groups excluding carboxylic acids is 2. The van der Waals surface area contributed by atoms with Crippen LogP contribution in [0.1, 0.15) is 11.1 Å². The van der Waals surface area contributed by atoms with Crippen molar-refractivity contribution in [2.75, 3.05) is 0 Å². The van der Waals surface area contributed by atoms with Gasteiger partial charge < -0.3 is 10.6 Å². The van der Waals surface area contributed by atoms with Crippen molar-refractivity contribution in [3.8, 4) is 0 Å². The van der Waals surface area contributed by atoms with Gasteiger partial charge in [0.2, 0.25) is 11.8 Å². The Kier molecular flexibility index (Phi) is 1.95. The molecule has 4 nitrogen and oxygen atoms in total. The molecule has 108 valence electrons. The first-order valence-corrected chi connectivity index (χ1v) is 7.46. The second-order valence-electron chi connectivity index (χ2n) is 6.31. The average molecular weight is 290 g/mol. The van der Waals surface area contributed by atoms with E-state index < -0.39 is 11.1 Å². The molecule has 2 amide bonds. The fourth-order valence-corrected chi connectivity index (χ4v) is 4.71. The van der Waals surface area contributed by atoms with Gasteiger partial charge in [-0.15, -0.1) is 0 Å². The molecule has 1 saturated carbocycles. The molecule has 2 aromatic rings. The standard InChI is InChI=1S/C18H14N2O2/c21-15-13-17(19-15,11-7-3-1-4-8-11)14-16(22)20-18(13,14)12-9-5-2-6-10-12/h1-10,13-14H,(H,19,21)(H,20,22). The first-order valence-electron chi connectivity index (χ1n) is 7.46. The molecule has 3 aliphatic rings. The maximum absolute atomic E-state index is 12.3. The van der Waals surface area contributed by atoms with Crippen LogP contribution in [0.3, 0.4) is 0 Å². The van der Waals surface area contributed by atoms with Crippen LogP contribution in [0.5, 0.6) is 0 Å². The Morgan fingerprint density at radius 2 is 1.00 bits per heavy atom. The zero-order valence-corrected chi connectivity index (χ0v) is 11.7. The molecule has 0 aromatic heterocycles. The van der Waals surface area contributed by atoms with E-state index in [9.17, 15) is 9.59 Å². The number of nitrogens with one attached hydrogen (secondary N) is 2. The van der Waals surface area contributed by atoms with E-state index in [1.54, 1.807) is 0 Å². The van der Waals surface area contributed by atoms with Gasteiger partial charge in [-0.05, 0) is 11.1 Å². The summed E-state index contributed by atoms with van der Waals surface area (Å²) in [6.45, 7) is 0. The summed E-state index contributed by atoms with van der Waals surface area (Å²) in [5, 5.41) is 6.06. The highest BCUT2D eigenvalue weighted by Gasteiger charge is 2.87. The third-order valence-corrected chi connectivity index (χ3v) is 5.51. The van der Waals surface area contributed by atoms with E-state index in [0.29, 0.717) is 0 Å². The van der Waals surface area contributed by atoms with Gasteiger partial charge in [0, 0.05) is 0 Å². The van der Waals surface area contributed by atoms with Gasteiger partial charge >= 0.3 is 0 Å². The van der Waals surface area contributed by atoms with E-state index in [2.05, 4.69) is 10.6 Å². The minimum atomic E-state index is -0.531. The van der Waals surface area contributed by atoms with Crippen LogP contribution in [0.4, 0.5) is 0 Å². The van der Waals surface area contributed by atoms with Gasteiger partial charge in [0.15, 0.2) is 0 Å². The lowest BCUT2D eigenvalue weighted by molar-refractivity contribution is -0.230. The first kappa shape index (κ1) is 12.0. The molecule has 4 heteroatoms. The molecule has 2 saturated heterocycles. The van der Waals surface area contributed by atoms with Crippen LogP contribution in [-0.2, 0) is 20.7 Å². The smallest absolute Gasteiger partial charge is 0.229 e. The van der Waals surface area contributed by atoms with E-state index in [1.165, 1.54) is 0 Å². The summed E-state index contributed by atoms with van der Waals surface area (Å²) in [5.74, 6) is -0.423. The monoisotopic (exact) mass is 290 g/mol. The zero-order chi connectivity index (χ0) is 14.9. The summed E-state index contributed by atoms with van der Waals surface area (Å²) < 4.78 is 0. The second-order valence-corrected chi connectivity index (χ2v) is 6.31. The van der Waals surface area contributed by atoms with E-state index in [-0.39, 0.29) is 23.7 Å². The molecular weight excluding hydrogens is 276 g/mol. The normalized spacial score (nSPS) is 37.5. The number of piperidine rings is 2. The lowest BCUT2D eigenvalue weighted by atomic mass is 9.35. The van der Waals surface area contributed by atoms with E-state index in [1.807, 2.05) is 60.7 Å². The fraction of sp³-hybridized carbons (Fsp3) is 0.222. The summed E-state index contributed by atoms with van der Waals surface area (Å²) >= 11 is 0. The minimum absolute atomic E-state index is 0.0176. The van der Waals surface area contributed by atoms with Gasteiger partial charge in [-0.25, -0.2) is 0 Å². The summed E-state index contributed by atoms with van der Waals surface area (Å²) in [6.07, 6.45) is 0. The Labute approximate surface area is 127 Å². The van der Waals surface area contributed by atoms with Crippen molar-refractivity contribution in [1.29, 1.82) is 0 Å². The van der Waals surface area contributed by atoms with Gasteiger partial charge in [-0.1, -0.05) is 60.7 Å². The maximum atomic E-state index is 12.3. The summed E-state index contributed by atoms with van der Waals surface area (Å²) in [4.78, 5) is 24.6. The predicted molar refractivity (Wildman–Crippen MR) is 79.5 cm³/mol. The fourth-order valence-electron chi connectivity index (χ4n) is 4.71. The third-order valence-electron chi connectivity index (χ3n) is 5.51. The minimum Gasteiger partial charge on any atom is -0.344 e. The van der Waals surface area contributed by atoms with Crippen LogP contribution in [0, 0.1) is 11.8 Å². The van der Waals surface area contributed by atoms with Crippen LogP contribution >= 0.6 is 0 Å². The van der Waals surface area contributed by atoms with Gasteiger partial charge in [-0.3, -0.25) is 9.59 Å². The number of carbonyl (C=O) groups is 2. The Hall–Kier alpha value is -2.62. The maximum Gasteiger partial charge on any atom is 0.229 e. The number of β-lactam (4-membered cyclic amide) rings is 2. The molecule has 0 bridgehead atoms. The molecule has 1 aliphatic carbocycles. The Balaban J connectivity index is 1.67. The zero-order valence-electron chi connectivity index (χ0n) is 11.7. The molecule has 2 heterocycles. The number of benzene rings is 2. The first-order chi connectivity index (χ1) is 10.7. The van der Waals surface area contributed by atoms with Crippen LogP contribution in [0.15, 0.2) is 60.7 Å². The Bertz CT molecular complexity index is 723. The SMILES string of the molecule is O=C1NC2(c3ccccc3)C1C1(c3ccccc3)NC(=O)C21. The number of hydrogen-bond acceptors (Lipinski definition) is 2. The van der Waals surface area contributed by atoms with Crippen LogP contribution in [0.2, 0.25) is 0 Å². The van der Waals surface area contributed by atoms with Crippen molar-refractivity contribution >= 4 is 11.8 Å². The molecule has 0 radical (unpaired) electrons. The quantitative estimate of drug-likeness (QED) is 0.819. The van der Waals surface area contributed by atoms with Crippen molar-refractivity contribution in [3.05, 3.63) is 71.8 Å². The average Bonchev–Trinajstić information content (AvgIpc) is 2.53. The largest absolute Gasteiger partial charge is 0.344 e. The van der Waals surface area contributed by atoms with Gasteiger partial charge in [0.1, 0.15) is 0 Å². The van der Waals surface area contributed by atoms with Crippen LogP contribution in [0.25, 0.3) is 0 Å². The third kappa shape index (κ3) is 1.03. The highest BCUT2D eigenvalue weighted by Crippen LogP contribution is 2.70. The number of rotatable bonds is 2. The molecular formula is C18H14N2O2. The van der Waals surface area contributed by atoms with Crippen molar-refractivity contribution in [2.45, 2.75) is 11.1 Å². The summed E-state index contributed by atoms with van der Waals surface area (Å²) in [7, 11) is 0. The van der Waals surface area contributed by atoms with Crippen LogP contribution < -0.4 is 10.6 Å².